The number of aryl methyl sites for hydroxylation is 1. The van der Waals surface area contributed by atoms with Crippen LogP contribution in [0.2, 0.25) is 0 Å². The smallest absolute Gasteiger partial charge is 0.264 e. The molecule has 0 bridgehead atoms. The number of ether oxygens (including phenoxy) is 1. The van der Waals surface area contributed by atoms with E-state index in [9.17, 15) is 4.79 Å². The fourth-order valence-corrected chi connectivity index (χ4v) is 3.18. The molecule has 0 radical (unpaired) electrons. The van der Waals surface area contributed by atoms with Crippen molar-refractivity contribution in [1.29, 1.82) is 0 Å². The second-order valence-corrected chi connectivity index (χ2v) is 5.60. The lowest BCUT2D eigenvalue weighted by Crippen LogP contribution is -2.20. The third kappa shape index (κ3) is 2.13. The molecule has 0 spiro atoms. The van der Waals surface area contributed by atoms with Gasteiger partial charge in [-0.25, -0.2) is 4.98 Å². The Labute approximate surface area is 116 Å². The monoisotopic (exact) mass is 294 g/mol. The molecule has 8 heteroatoms. The summed E-state index contributed by atoms with van der Waals surface area (Å²) in [5, 5.41) is 0.601. The largest absolute Gasteiger partial charge is 0.480 e. The maximum Gasteiger partial charge on any atom is 0.264 e. The first-order valence-electron chi connectivity index (χ1n) is 5.50. The summed E-state index contributed by atoms with van der Waals surface area (Å²) in [6.45, 7) is 2.26. The Morgan fingerprint density at radius 2 is 2.21 bits per heavy atom. The molecular formula is C11H10N4O2S2. The maximum atomic E-state index is 12.3. The Bertz CT molecular complexity index is 789. The third-order valence-corrected chi connectivity index (χ3v) is 4.31. The summed E-state index contributed by atoms with van der Waals surface area (Å²) in [4.78, 5) is 18.2. The standard InChI is InChI=1S/C11H10N4O2S2/c1-6-9-10(19-13-6)12-5-15(11(9)16)4-7-3-8(17-2)14-18-7/h3,5H,4H2,1-2H3. The molecule has 0 aliphatic carbocycles. The highest BCUT2D eigenvalue weighted by atomic mass is 32.1. The van der Waals surface area contributed by atoms with Gasteiger partial charge in [-0.15, -0.1) is 0 Å². The van der Waals surface area contributed by atoms with Crippen molar-refractivity contribution in [2.24, 2.45) is 0 Å². The van der Waals surface area contributed by atoms with Crippen LogP contribution in [-0.2, 0) is 6.54 Å². The third-order valence-electron chi connectivity index (χ3n) is 2.71. The van der Waals surface area contributed by atoms with E-state index in [-0.39, 0.29) is 5.56 Å². The molecule has 0 N–H and O–H groups in total. The fourth-order valence-electron chi connectivity index (χ4n) is 1.76. The van der Waals surface area contributed by atoms with E-state index in [1.165, 1.54) is 23.1 Å². The number of nitrogens with zero attached hydrogens (tertiary/aromatic N) is 4. The lowest BCUT2D eigenvalue weighted by Gasteiger charge is -2.02. The van der Waals surface area contributed by atoms with Crippen LogP contribution >= 0.6 is 23.1 Å². The molecule has 0 aromatic carbocycles. The highest BCUT2D eigenvalue weighted by Gasteiger charge is 2.11. The van der Waals surface area contributed by atoms with Gasteiger partial charge in [-0.3, -0.25) is 9.36 Å². The second-order valence-electron chi connectivity index (χ2n) is 3.96. The molecule has 3 rings (SSSR count). The molecule has 0 saturated heterocycles. The summed E-state index contributed by atoms with van der Waals surface area (Å²) < 4.78 is 14.9. The van der Waals surface area contributed by atoms with Crippen molar-refractivity contribution in [1.82, 2.24) is 18.3 Å². The SMILES string of the molecule is COc1cc(Cn2cnc3snc(C)c3c2=O)sn1. The van der Waals surface area contributed by atoms with E-state index in [2.05, 4.69) is 13.7 Å². The van der Waals surface area contributed by atoms with Crippen LogP contribution in [0.4, 0.5) is 0 Å². The van der Waals surface area contributed by atoms with Gasteiger partial charge in [-0.05, 0) is 30.0 Å². The molecular weight excluding hydrogens is 284 g/mol. The summed E-state index contributed by atoms with van der Waals surface area (Å²) in [6, 6.07) is 1.82. The van der Waals surface area contributed by atoms with Crippen molar-refractivity contribution in [3.8, 4) is 5.88 Å². The molecule has 6 nitrogen and oxygen atoms in total. The van der Waals surface area contributed by atoms with Gasteiger partial charge >= 0.3 is 0 Å². The number of hydrogen-bond donors (Lipinski definition) is 0. The van der Waals surface area contributed by atoms with Crippen molar-refractivity contribution in [2.75, 3.05) is 7.11 Å². The number of fused-ring (bicyclic) bond motifs is 1. The van der Waals surface area contributed by atoms with E-state index in [0.29, 0.717) is 22.6 Å². The van der Waals surface area contributed by atoms with Crippen molar-refractivity contribution < 1.29 is 4.74 Å². The molecule has 3 aromatic heterocycles. The topological polar surface area (TPSA) is 69.9 Å². The van der Waals surface area contributed by atoms with Crippen LogP contribution in [0.15, 0.2) is 17.2 Å². The minimum absolute atomic E-state index is 0.0661. The zero-order valence-corrected chi connectivity index (χ0v) is 11.9. The number of hydrogen-bond acceptors (Lipinski definition) is 7. The summed E-state index contributed by atoms with van der Waals surface area (Å²) in [6.07, 6.45) is 1.55. The van der Waals surface area contributed by atoms with E-state index < -0.39 is 0 Å². The lowest BCUT2D eigenvalue weighted by molar-refractivity contribution is 0.402. The van der Waals surface area contributed by atoms with Gasteiger partial charge in [0.1, 0.15) is 0 Å². The van der Waals surface area contributed by atoms with Crippen LogP contribution in [0.25, 0.3) is 10.2 Å². The molecule has 3 aromatic rings. The van der Waals surface area contributed by atoms with Crippen LogP contribution in [0.1, 0.15) is 10.6 Å². The summed E-state index contributed by atoms with van der Waals surface area (Å²) in [5.41, 5.74) is 0.664. The van der Waals surface area contributed by atoms with Gasteiger partial charge in [-0.1, -0.05) is 0 Å². The Morgan fingerprint density at radius 3 is 2.95 bits per heavy atom. The van der Waals surface area contributed by atoms with Gasteiger partial charge < -0.3 is 4.74 Å². The predicted molar refractivity (Wildman–Crippen MR) is 74.2 cm³/mol. The minimum Gasteiger partial charge on any atom is -0.480 e. The van der Waals surface area contributed by atoms with Gasteiger partial charge in [0.25, 0.3) is 5.56 Å². The summed E-state index contributed by atoms with van der Waals surface area (Å²) in [7, 11) is 1.57. The number of aromatic nitrogens is 4. The molecule has 0 aliphatic heterocycles. The van der Waals surface area contributed by atoms with E-state index in [1.54, 1.807) is 18.0 Å². The molecule has 0 aliphatic rings. The van der Waals surface area contributed by atoms with E-state index in [0.717, 1.165) is 10.6 Å². The maximum absolute atomic E-state index is 12.3. The molecule has 0 amide bonds. The predicted octanol–water partition coefficient (Wildman–Crippen LogP) is 1.67. The summed E-state index contributed by atoms with van der Waals surface area (Å²) >= 11 is 2.56. The van der Waals surface area contributed by atoms with E-state index >= 15 is 0 Å². The van der Waals surface area contributed by atoms with E-state index in [1.807, 2.05) is 13.0 Å². The Kier molecular flexibility index (Phi) is 3.03. The molecule has 19 heavy (non-hydrogen) atoms. The molecule has 0 fully saturated rings. The molecule has 0 unspecified atom stereocenters. The first kappa shape index (κ1) is 12.2. The van der Waals surface area contributed by atoms with Gasteiger partial charge in [-0.2, -0.15) is 8.75 Å². The van der Waals surface area contributed by atoms with Gasteiger partial charge in [0.2, 0.25) is 5.88 Å². The van der Waals surface area contributed by atoms with Crippen LogP contribution in [0, 0.1) is 6.92 Å². The summed E-state index contributed by atoms with van der Waals surface area (Å²) in [5.74, 6) is 0.565. The quantitative estimate of drug-likeness (QED) is 0.735. The Balaban J connectivity index is 2.03. The second kappa shape index (κ2) is 4.71. The number of methoxy groups -OCH3 is 1. The lowest BCUT2D eigenvalue weighted by atomic mass is 10.3. The van der Waals surface area contributed by atoms with Crippen molar-refractivity contribution in [3.63, 3.8) is 0 Å². The highest BCUT2D eigenvalue weighted by molar-refractivity contribution is 7.12. The van der Waals surface area contributed by atoms with Crippen molar-refractivity contribution in [3.05, 3.63) is 33.3 Å². The first-order chi connectivity index (χ1) is 9.19. The Morgan fingerprint density at radius 1 is 1.37 bits per heavy atom. The van der Waals surface area contributed by atoms with Crippen LogP contribution in [0.5, 0.6) is 5.88 Å². The van der Waals surface area contributed by atoms with Gasteiger partial charge in [0.15, 0.2) is 4.83 Å². The zero-order valence-electron chi connectivity index (χ0n) is 10.3. The van der Waals surface area contributed by atoms with Crippen LogP contribution < -0.4 is 10.3 Å². The van der Waals surface area contributed by atoms with Crippen LogP contribution in [0.3, 0.4) is 0 Å². The number of rotatable bonds is 3. The highest BCUT2D eigenvalue weighted by Crippen LogP contribution is 2.18. The van der Waals surface area contributed by atoms with Crippen molar-refractivity contribution in [2.45, 2.75) is 13.5 Å². The normalized spacial score (nSPS) is 11.1. The van der Waals surface area contributed by atoms with E-state index in [4.69, 9.17) is 4.74 Å². The Hall–Kier alpha value is -1.80. The zero-order chi connectivity index (χ0) is 13.4. The average molecular weight is 294 g/mol. The van der Waals surface area contributed by atoms with Crippen LogP contribution in [-0.4, -0.2) is 25.4 Å². The molecule has 0 atom stereocenters. The van der Waals surface area contributed by atoms with Gasteiger partial charge in [0.05, 0.1) is 31.1 Å². The molecule has 0 saturated carbocycles. The molecule has 98 valence electrons. The minimum atomic E-state index is -0.0661. The first-order valence-corrected chi connectivity index (χ1v) is 7.04. The average Bonchev–Trinajstić information content (AvgIpc) is 3.00. The molecule has 3 heterocycles. The van der Waals surface area contributed by atoms with Gasteiger partial charge in [0, 0.05) is 10.9 Å². The fraction of sp³-hybridized carbons (Fsp3) is 0.273. The van der Waals surface area contributed by atoms with Crippen molar-refractivity contribution >= 4 is 33.3 Å².